The Bertz CT molecular complexity index is 486. The molecular formula is C12H20N4O5. The van der Waals surface area contributed by atoms with Gasteiger partial charge in [-0.25, -0.2) is 4.79 Å². The summed E-state index contributed by atoms with van der Waals surface area (Å²) in [6.07, 6.45) is 2.65. The zero-order chi connectivity index (χ0) is 15.9. The number of aromatic nitrogens is 2. The lowest BCUT2D eigenvalue weighted by molar-refractivity contribution is -0.141. The smallest absolute Gasteiger partial charge is 0.319 e. The van der Waals surface area contributed by atoms with Gasteiger partial charge >= 0.3 is 12.0 Å². The fourth-order valence-corrected chi connectivity index (χ4v) is 1.57. The first kappa shape index (κ1) is 16.9. The van der Waals surface area contributed by atoms with Crippen LogP contribution in [0.4, 0.5) is 10.5 Å². The Hall–Kier alpha value is -2.13. The van der Waals surface area contributed by atoms with E-state index in [0.717, 1.165) is 0 Å². The summed E-state index contributed by atoms with van der Waals surface area (Å²) in [7, 11) is 1.58. The minimum atomic E-state index is -1.51. The number of rotatable bonds is 8. The number of nitrogens with one attached hydrogen (secondary N) is 2. The van der Waals surface area contributed by atoms with Crippen molar-refractivity contribution in [2.45, 2.75) is 25.5 Å². The fraction of sp³-hybridized carbons (Fsp3) is 0.583. The molecule has 0 aliphatic heterocycles. The predicted octanol–water partition coefficient (Wildman–Crippen LogP) is -0.123. The number of amides is 2. The highest BCUT2D eigenvalue weighted by Crippen LogP contribution is 2.08. The van der Waals surface area contributed by atoms with E-state index in [1.54, 1.807) is 18.0 Å². The third-order valence-corrected chi connectivity index (χ3v) is 2.58. The SMILES string of the molecule is COCCn1cc(NC(=O)NCC(C)(O)CC(=O)O)cn1. The molecule has 1 aromatic heterocycles. The molecule has 1 rings (SSSR count). The molecular weight excluding hydrogens is 280 g/mol. The van der Waals surface area contributed by atoms with E-state index in [1.807, 2.05) is 0 Å². The number of hydrogen-bond donors (Lipinski definition) is 4. The minimum absolute atomic E-state index is 0.178. The molecule has 0 fully saturated rings. The normalized spacial score (nSPS) is 13.5. The molecule has 0 saturated heterocycles. The van der Waals surface area contributed by atoms with Gasteiger partial charge in [0.25, 0.3) is 0 Å². The van der Waals surface area contributed by atoms with Crippen LogP contribution in [0.1, 0.15) is 13.3 Å². The summed E-state index contributed by atoms with van der Waals surface area (Å²) in [5.41, 5.74) is -1.02. The Labute approximate surface area is 121 Å². The number of ether oxygens (including phenoxy) is 1. The molecule has 0 saturated carbocycles. The Balaban J connectivity index is 2.39. The average Bonchev–Trinajstić information content (AvgIpc) is 2.80. The summed E-state index contributed by atoms with van der Waals surface area (Å²) in [5.74, 6) is -1.14. The number of carbonyl (C=O) groups is 2. The maximum Gasteiger partial charge on any atom is 0.319 e. The van der Waals surface area contributed by atoms with Crippen LogP contribution in [0.3, 0.4) is 0 Å². The standard InChI is InChI=1S/C12H20N4O5/c1-12(20,5-10(17)18)8-13-11(19)15-9-6-14-16(7-9)3-4-21-2/h6-7,20H,3-5,8H2,1-2H3,(H,17,18)(H2,13,15,19). The molecule has 0 spiro atoms. The van der Waals surface area contributed by atoms with Crippen molar-refractivity contribution in [2.75, 3.05) is 25.6 Å². The van der Waals surface area contributed by atoms with Gasteiger partial charge in [-0.05, 0) is 6.92 Å². The third-order valence-electron chi connectivity index (χ3n) is 2.58. The van der Waals surface area contributed by atoms with Gasteiger partial charge in [0.15, 0.2) is 0 Å². The summed E-state index contributed by atoms with van der Waals surface area (Å²) in [5, 5.41) is 27.3. The highest BCUT2D eigenvalue weighted by molar-refractivity contribution is 5.88. The van der Waals surface area contributed by atoms with E-state index in [1.165, 1.54) is 13.1 Å². The Morgan fingerprint density at radius 3 is 2.86 bits per heavy atom. The van der Waals surface area contributed by atoms with Crippen LogP contribution >= 0.6 is 0 Å². The van der Waals surface area contributed by atoms with Crippen molar-refractivity contribution < 1.29 is 24.5 Å². The molecule has 9 heteroatoms. The van der Waals surface area contributed by atoms with E-state index in [-0.39, 0.29) is 6.54 Å². The van der Waals surface area contributed by atoms with Crippen molar-refractivity contribution in [1.82, 2.24) is 15.1 Å². The molecule has 1 atom stereocenters. The van der Waals surface area contributed by atoms with E-state index >= 15 is 0 Å². The van der Waals surface area contributed by atoms with Crippen LogP contribution in [-0.2, 0) is 16.1 Å². The zero-order valence-electron chi connectivity index (χ0n) is 12.0. The summed E-state index contributed by atoms with van der Waals surface area (Å²) in [4.78, 5) is 22.2. The second kappa shape index (κ2) is 7.60. The topological polar surface area (TPSA) is 126 Å². The number of aliphatic carboxylic acids is 1. The van der Waals surface area contributed by atoms with Crippen molar-refractivity contribution in [3.05, 3.63) is 12.4 Å². The van der Waals surface area contributed by atoms with Gasteiger partial charge in [-0.3, -0.25) is 9.48 Å². The molecule has 118 valence electrons. The predicted molar refractivity (Wildman–Crippen MR) is 74.0 cm³/mol. The van der Waals surface area contributed by atoms with E-state index in [4.69, 9.17) is 9.84 Å². The number of methoxy groups -OCH3 is 1. The molecule has 9 nitrogen and oxygen atoms in total. The first-order valence-electron chi connectivity index (χ1n) is 6.33. The Kier molecular flexibility index (Phi) is 6.12. The van der Waals surface area contributed by atoms with Gasteiger partial charge in [0.1, 0.15) is 0 Å². The van der Waals surface area contributed by atoms with Gasteiger partial charge in [-0.1, -0.05) is 0 Å². The third kappa shape index (κ3) is 6.72. The van der Waals surface area contributed by atoms with Crippen molar-refractivity contribution in [3.63, 3.8) is 0 Å². The maximum atomic E-state index is 11.6. The van der Waals surface area contributed by atoms with Crippen molar-refractivity contribution in [3.8, 4) is 0 Å². The molecule has 21 heavy (non-hydrogen) atoms. The van der Waals surface area contributed by atoms with Gasteiger partial charge < -0.3 is 25.6 Å². The van der Waals surface area contributed by atoms with Gasteiger partial charge in [0.2, 0.25) is 0 Å². The van der Waals surface area contributed by atoms with Crippen LogP contribution in [0.25, 0.3) is 0 Å². The lowest BCUT2D eigenvalue weighted by Crippen LogP contribution is -2.43. The fourth-order valence-electron chi connectivity index (χ4n) is 1.57. The number of hydrogen-bond acceptors (Lipinski definition) is 5. The molecule has 0 bridgehead atoms. The van der Waals surface area contributed by atoms with E-state index < -0.39 is 24.0 Å². The largest absolute Gasteiger partial charge is 0.481 e. The first-order valence-corrected chi connectivity index (χ1v) is 6.33. The van der Waals surface area contributed by atoms with Crippen molar-refractivity contribution >= 4 is 17.7 Å². The number of carboxylic acids is 1. The number of nitrogens with zero attached hydrogens (tertiary/aromatic N) is 2. The van der Waals surface area contributed by atoms with Crippen LogP contribution in [-0.4, -0.2) is 57.9 Å². The molecule has 2 amide bonds. The second-order valence-corrected chi connectivity index (χ2v) is 4.86. The molecule has 4 N–H and O–H groups in total. The van der Waals surface area contributed by atoms with Gasteiger partial charge in [-0.15, -0.1) is 0 Å². The molecule has 0 aliphatic rings. The van der Waals surface area contributed by atoms with Crippen LogP contribution in [0.2, 0.25) is 0 Å². The lowest BCUT2D eigenvalue weighted by atomic mass is 10.0. The van der Waals surface area contributed by atoms with Crippen LogP contribution in [0.5, 0.6) is 0 Å². The van der Waals surface area contributed by atoms with Crippen LogP contribution in [0, 0.1) is 0 Å². The Morgan fingerprint density at radius 1 is 1.52 bits per heavy atom. The monoisotopic (exact) mass is 300 g/mol. The summed E-state index contributed by atoms with van der Waals surface area (Å²) in [6.45, 7) is 2.23. The number of anilines is 1. The molecule has 1 unspecified atom stereocenters. The summed E-state index contributed by atoms with van der Waals surface area (Å²) in [6, 6.07) is -0.549. The van der Waals surface area contributed by atoms with E-state index in [2.05, 4.69) is 15.7 Å². The zero-order valence-corrected chi connectivity index (χ0v) is 12.0. The average molecular weight is 300 g/mol. The van der Waals surface area contributed by atoms with Crippen LogP contribution < -0.4 is 10.6 Å². The highest BCUT2D eigenvalue weighted by atomic mass is 16.5. The van der Waals surface area contributed by atoms with Crippen molar-refractivity contribution in [1.29, 1.82) is 0 Å². The molecule has 0 aromatic carbocycles. The number of carbonyl (C=O) groups excluding carboxylic acids is 1. The first-order chi connectivity index (χ1) is 9.82. The van der Waals surface area contributed by atoms with E-state index in [9.17, 15) is 14.7 Å². The highest BCUT2D eigenvalue weighted by Gasteiger charge is 2.24. The lowest BCUT2D eigenvalue weighted by Gasteiger charge is -2.21. The molecule has 0 radical (unpaired) electrons. The minimum Gasteiger partial charge on any atom is -0.481 e. The maximum absolute atomic E-state index is 11.6. The van der Waals surface area contributed by atoms with Crippen molar-refractivity contribution in [2.24, 2.45) is 0 Å². The Morgan fingerprint density at radius 2 is 2.24 bits per heavy atom. The number of carboxylic acid groups (broad SMARTS) is 1. The van der Waals surface area contributed by atoms with Gasteiger partial charge in [0.05, 0.1) is 37.1 Å². The van der Waals surface area contributed by atoms with Gasteiger partial charge in [-0.2, -0.15) is 5.10 Å². The second-order valence-electron chi connectivity index (χ2n) is 4.86. The molecule has 0 aliphatic carbocycles. The quantitative estimate of drug-likeness (QED) is 0.530. The number of urea groups is 1. The summed E-state index contributed by atoms with van der Waals surface area (Å²) >= 11 is 0. The number of aliphatic hydroxyl groups is 1. The van der Waals surface area contributed by atoms with Crippen LogP contribution in [0.15, 0.2) is 12.4 Å². The van der Waals surface area contributed by atoms with Gasteiger partial charge in [0, 0.05) is 19.9 Å². The molecule has 1 heterocycles. The van der Waals surface area contributed by atoms with E-state index in [0.29, 0.717) is 18.8 Å². The summed E-state index contributed by atoms with van der Waals surface area (Å²) < 4.78 is 6.52. The molecule has 1 aromatic rings.